The van der Waals surface area contributed by atoms with Crippen LogP contribution in [0.4, 0.5) is 10.3 Å². The van der Waals surface area contributed by atoms with Crippen molar-refractivity contribution in [1.82, 2.24) is 9.97 Å². The third kappa shape index (κ3) is 3.17. The second-order valence-electron chi connectivity index (χ2n) is 3.79. The minimum atomic E-state index is -0.268. The Morgan fingerprint density at radius 1 is 1.33 bits per heavy atom. The molecule has 0 saturated heterocycles. The molecule has 0 amide bonds. The molecule has 0 atom stereocenters. The second-order valence-corrected chi connectivity index (χ2v) is 5.08. The molecule has 2 rings (SSSR count). The fourth-order valence-corrected chi connectivity index (χ4v) is 2.05. The number of halogens is 3. The summed E-state index contributed by atoms with van der Waals surface area (Å²) in [5.74, 6) is 0.298. The molecule has 0 unspecified atom stereocenters. The van der Waals surface area contributed by atoms with E-state index in [4.69, 9.17) is 11.6 Å². The van der Waals surface area contributed by atoms with E-state index in [0.717, 1.165) is 10.0 Å². The van der Waals surface area contributed by atoms with Crippen molar-refractivity contribution in [1.29, 1.82) is 0 Å². The lowest BCUT2D eigenvalue weighted by molar-refractivity contribution is 0.625. The number of anilines is 1. The van der Waals surface area contributed by atoms with Gasteiger partial charge in [0.2, 0.25) is 5.95 Å². The van der Waals surface area contributed by atoms with Gasteiger partial charge in [-0.2, -0.15) is 0 Å². The number of nitrogens with zero attached hydrogens (tertiary/aromatic N) is 3. The van der Waals surface area contributed by atoms with Gasteiger partial charge in [-0.15, -0.1) is 0 Å². The molecule has 94 valence electrons. The third-order valence-electron chi connectivity index (χ3n) is 2.37. The van der Waals surface area contributed by atoms with Gasteiger partial charge in [-0.25, -0.2) is 14.4 Å². The van der Waals surface area contributed by atoms with Gasteiger partial charge < -0.3 is 4.90 Å². The lowest BCUT2D eigenvalue weighted by Gasteiger charge is -2.17. The van der Waals surface area contributed by atoms with Crippen LogP contribution in [-0.2, 0) is 6.54 Å². The normalized spacial score (nSPS) is 10.4. The predicted octanol–water partition coefficient (Wildman–Crippen LogP) is 3.67. The minimum absolute atomic E-state index is 0.268. The van der Waals surface area contributed by atoms with E-state index in [1.54, 1.807) is 18.5 Å². The van der Waals surface area contributed by atoms with Crippen LogP contribution in [0.3, 0.4) is 0 Å². The summed E-state index contributed by atoms with van der Waals surface area (Å²) in [7, 11) is 1.86. The number of aromatic nitrogens is 2. The molecular formula is C12H10BrClFN3. The van der Waals surface area contributed by atoms with Crippen molar-refractivity contribution in [2.45, 2.75) is 6.54 Å². The number of rotatable bonds is 3. The molecule has 0 aliphatic rings. The van der Waals surface area contributed by atoms with E-state index < -0.39 is 0 Å². The summed E-state index contributed by atoms with van der Waals surface area (Å²) >= 11 is 9.06. The SMILES string of the molecule is CN(Cc1ccc(F)cc1Br)c1ncc(Cl)cn1. The zero-order valence-electron chi connectivity index (χ0n) is 9.57. The van der Waals surface area contributed by atoms with Crippen molar-refractivity contribution in [3.63, 3.8) is 0 Å². The standard InChI is InChI=1S/C12H10BrClFN3/c1-18(12-16-5-9(14)6-17-12)7-8-2-3-10(15)4-11(8)13/h2-6H,7H2,1H3. The molecule has 6 heteroatoms. The van der Waals surface area contributed by atoms with Gasteiger partial charge in [-0.1, -0.05) is 33.6 Å². The van der Waals surface area contributed by atoms with E-state index in [0.29, 0.717) is 17.5 Å². The summed E-state index contributed by atoms with van der Waals surface area (Å²) in [4.78, 5) is 10.1. The van der Waals surface area contributed by atoms with Crippen molar-refractivity contribution in [3.8, 4) is 0 Å². The molecule has 1 aromatic carbocycles. The maximum absolute atomic E-state index is 13.0. The van der Waals surface area contributed by atoms with Crippen LogP contribution in [0, 0.1) is 5.82 Å². The highest BCUT2D eigenvalue weighted by Gasteiger charge is 2.08. The van der Waals surface area contributed by atoms with E-state index in [9.17, 15) is 4.39 Å². The summed E-state index contributed by atoms with van der Waals surface area (Å²) in [6, 6.07) is 4.59. The van der Waals surface area contributed by atoms with Crippen molar-refractivity contribution >= 4 is 33.5 Å². The summed E-state index contributed by atoms with van der Waals surface area (Å²) in [5.41, 5.74) is 0.956. The highest BCUT2D eigenvalue weighted by molar-refractivity contribution is 9.10. The molecule has 0 fully saturated rings. The van der Waals surface area contributed by atoms with Gasteiger partial charge in [0.15, 0.2) is 0 Å². The summed E-state index contributed by atoms with van der Waals surface area (Å²) in [6.45, 7) is 0.572. The highest BCUT2D eigenvalue weighted by atomic mass is 79.9. The van der Waals surface area contributed by atoms with E-state index in [1.807, 2.05) is 11.9 Å². The highest BCUT2D eigenvalue weighted by Crippen LogP contribution is 2.20. The van der Waals surface area contributed by atoms with E-state index in [2.05, 4.69) is 25.9 Å². The topological polar surface area (TPSA) is 29.0 Å². The maximum atomic E-state index is 13.0. The van der Waals surface area contributed by atoms with Gasteiger partial charge in [-0.05, 0) is 17.7 Å². The Morgan fingerprint density at radius 2 is 2.00 bits per heavy atom. The van der Waals surface area contributed by atoms with Crippen LogP contribution in [0.1, 0.15) is 5.56 Å². The first-order chi connectivity index (χ1) is 8.56. The molecule has 3 nitrogen and oxygen atoms in total. The molecule has 0 bridgehead atoms. The average Bonchev–Trinajstić information content (AvgIpc) is 2.33. The smallest absolute Gasteiger partial charge is 0.225 e. The van der Waals surface area contributed by atoms with E-state index in [-0.39, 0.29) is 5.82 Å². The maximum Gasteiger partial charge on any atom is 0.225 e. The Labute approximate surface area is 118 Å². The predicted molar refractivity (Wildman–Crippen MR) is 73.2 cm³/mol. The Balaban J connectivity index is 2.15. The number of hydrogen-bond acceptors (Lipinski definition) is 3. The average molecular weight is 331 g/mol. The van der Waals surface area contributed by atoms with E-state index >= 15 is 0 Å². The lowest BCUT2D eigenvalue weighted by Crippen LogP contribution is -2.19. The van der Waals surface area contributed by atoms with Gasteiger partial charge >= 0.3 is 0 Å². The van der Waals surface area contributed by atoms with E-state index in [1.165, 1.54) is 12.1 Å². The van der Waals surface area contributed by atoms with Gasteiger partial charge in [0.25, 0.3) is 0 Å². The van der Waals surface area contributed by atoms with Gasteiger partial charge in [0.05, 0.1) is 17.4 Å². The van der Waals surface area contributed by atoms with Crippen LogP contribution >= 0.6 is 27.5 Å². The third-order valence-corrected chi connectivity index (χ3v) is 3.30. The Kier molecular flexibility index (Phi) is 4.14. The Morgan fingerprint density at radius 3 is 2.61 bits per heavy atom. The monoisotopic (exact) mass is 329 g/mol. The zero-order valence-corrected chi connectivity index (χ0v) is 11.9. The lowest BCUT2D eigenvalue weighted by atomic mass is 10.2. The first kappa shape index (κ1) is 13.2. The van der Waals surface area contributed by atoms with Crippen molar-refractivity contribution in [2.24, 2.45) is 0 Å². The summed E-state index contributed by atoms with van der Waals surface area (Å²) in [6.07, 6.45) is 3.08. The molecule has 1 heterocycles. The largest absolute Gasteiger partial charge is 0.340 e. The van der Waals surface area contributed by atoms with Crippen molar-refractivity contribution < 1.29 is 4.39 Å². The molecule has 0 N–H and O–H groups in total. The molecule has 0 aliphatic carbocycles. The van der Waals surface area contributed by atoms with Crippen LogP contribution in [0.25, 0.3) is 0 Å². The van der Waals surface area contributed by atoms with Crippen LogP contribution in [0.2, 0.25) is 5.02 Å². The summed E-state index contributed by atoms with van der Waals surface area (Å²) in [5, 5.41) is 0.495. The molecule has 0 saturated carbocycles. The Hall–Kier alpha value is -1.20. The summed E-state index contributed by atoms with van der Waals surface area (Å²) < 4.78 is 13.7. The molecule has 0 radical (unpaired) electrons. The fraction of sp³-hybridized carbons (Fsp3) is 0.167. The molecule has 1 aromatic heterocycles. The van der Waals surface area contributed by atoms with Crippen molar-refractivity contribution in [2.75, 3.05) is 11.9 Å². The van der Waals surface area contributed by atoms with Gasteiger partial charge in [0.1, 0.15) is 5.82 Å². The molecular weight excluding hydrogens is 321 g/mol. The number of hydrogen-bond donors (Lipinski definition) is 0. The zero-order chi connectivity index (χ0) is 13.1. The van der Waals surface area contributed by atoms with Crippen LogP contribution in [0.15, 0.2) is 35.1 Å². The molecule has 18 heavy (non-hydrogen) atoms. The minimum Gasteiger partial charge on any atom is -0.340 e. The quantitative estimate of drug-likeness (QED) is 0.860. The molecule has 0 aliphatic heterocycles. The fourth-order valence-electron chi connectivity index (χ4n) is 1.48. The molecule has 2 aromatic rings. The van der Waals surface area contributed by atoms with Crippen LogP contribution in [-0.4, -0.2) is 17.0 Å². The van der Waals surface area contributed by atoms with Crippen molar-refractivity contribution in [3.05, 3.63) is 51.5 Å². The molecule has 0 spiro atoms. The first-order valence-corrected chi connectivity index (χ1v) is 6.36. The van der Waals surface area contributed by atoms with Gasteiger partial charge in [0, 0.05) is 18.1 Å². The Bertz CT molecular complexity index is 548. The van der Waals surface area contributed by atoms with Crippen LogP contribution in [0.5, 0.6) is 0 Å². The van der Waals surface area contributed by atoms with Gasteiger partial charge in [-0.3, -0.25) is 0 Å². The first-order valence-electron chi connectivity index (χ1n) is 5.19. The number of benzene rings is 1. The second kappa shape index (κ2) is 5.63. The van der Waals surface area contributed by atoms with Crippen LogP contribution < -0.4 is 4.90 Å².